The van der Waals surface area contributed by atoms with E-state index in [1.54, 1.807) is 13.0 Å². The second-order valence-corrected chi connectivity index (χ2v) is 8.20. The Morgan fingerprint density at radius 2 is 1.93 bits per heavy atom. The van der Waals surface area contributed by atoms with Gasteiger partial charge >= 0.3 is 5.76 Å². The van der Waals surface area contributed by atoms with Crippen molar-refractivity contribution in [1.29, 1.82) is 0 Å². The maximum atomic E-state index is 12.5. The highest BCUT2D eigenvalue weighted by Crippen LogP contribution is 2.18. The number of benzene rings is 1. The van der Waals surface area contributed by atoms with E-state index < -0.39 is 15.8 Å². The van der Waals surface area contributed by atoms with Crippen molar-refractivity contribution in [2.75, 3.05) is 37.4 Å². The number of nitrogens with zero attached hydrogens (tertiary/aromatic N) is 4. The molecule has 0 bridgehead atoms. The van der Waals surface area contributed by atoms with Gasteiger partial charge < -0.3 is 14.6 Å². The summed E-state index contributed by atoms with van der Waals surface area (Å²) in [5, 5.41) is 3.08. The molecule has 0 saturated carbocycles. The topological polar surface area (TPSA) is 122 Å². The van der Waals surface area contributed by atoms with E-state index in [0.29, 0.717) is 29.3 Å². The minimum absolute atomic E-state index is 0.0594. The van der Waals surface area contributed by atoms with Crippen LogP contribution in [0.2, 0.25) is 0 Å². The van der Waals surface area contributed by atoms with Gasteiger partial charge in [0, 0.05) is 40.3 Å². The van der Waals surface area contributed by atoms with Crippen molar-refractivity contribution >= 4 is 32.8 Å². The quantitative estimate of drug-likeness (QED) is 0.550. The predicted octanol–water partition coefficient (Wildman–Crippen LogP) is 0.686. The van der Waals surface area contributed by atoms with E-state index in [1.807, 2.05) is 19.0 Å². The largest absolute Gasteiger partial charge is 0.419 e. The summed E-state index contributed by atoms with van der Waals surface area (Å²) >= 11 is 0. The van der Waals surface area contributed by atoms with Crippen molar-refractivity contribution in [2.45, 2.75) is 11.8 Å². The fourth-order valence-electron chi connectivity index (χ4n) is 2.60. The second-order valence-electron chi connectivity index (χ2n) is 6.43. The van der Waals surface area contributed by atoms with Crippen molar-refractivity contribution in [3.8, 4) is 0 Å². The number of hydrogen-bond donors (Lipinski definition) is 2. The molecule has 10 nitrogen and oxygen atoms in total. The fraction of sp³-hybridized carbons (Fsp3) is 0.353. The molecule has 0 aliphatic heterocycles. The van der Waals surface area contributed by atoms with E-state index in [-0.39, 0.29) is 11.4 Å². The normalized spacial score (nSPS) is 11.7. The highest BCUT2D eigenvalue weighted by Gasteiger charge is 2.16. The molecule has 2 heterocycles. The Balaban J connectivity index is 1.66. The number of aromatic nitrogens is 3. The predicted molar refractivity (Wildman–Crippen MR) is 106 cm³/mol. The van der Waals surface area contributed by atoms with Crippen molar-refractivity contribution in [2.24, 2.45) is 7.05 Å². The molecule has 0 spiro atoms. The van der Waals surface area contributed by atoms with E-state index >= 15 is 0 Å². The average Bonchev–Trinajstić information content (AvgIpc) is 2.92. The summed E-state index contributed by atoms with van der Waals surface area (Å²) in [5.74, 6) is 1.45. The van der Waals surface area contributed by atoms with Crippen LogP contribution in [0.3, 0.4) is 0 Å². The minimum atomic E-state index is -3.73. The van der Waals surface area contributed by atoms with Crippen LogP contribution in [0.1, 0.15) is 5.82 Å². The van der Waals surface area contributed by atoms with Crippen LogP contribution in [0.25, 0.3) is 11.1 Å². The fourth-order valence-corrected chi connectivity index (χ4v) is 3.66. The number of sulfonamides is 1. The Labute approximate surface area is 162 Å². The summed E-state index contributed by atoms with van der Waals surface area (Å²) in [7, 11) is 1.55. The van der Waals surface area contributed by atoms with E-state index in [1.165, 1.54) is 29.8 Å². The lowest BCUT2D eigenvalue weighted by Crippen LogP contribution is -2.29. The molecule has 0 aliphatic rings. The second kappa shape index (κ2) is 7.60. The summed E-state index contributed by atoms with van der Waals surface area (Å²) in [6.07, 6.45) is 0. The summed E-state index contributed by atoms with van der Waals surface area (Å²) in [6, 6.07) is 6.07. The molecule has 0 unspecified atom stereocenters. The van der Waals surface area contributed by atoms with Crippen molar-refractivity contribution in [1.82, 2.24) is 19.3 Å². The first-order valence-corrected chi connectivity index (χ1v) is 10.0. The molecule has 0 radical (unpaired) electrons. The van der Waals surface area contributed by atoms with Crippen LogP contribution in [0.15, 0.2) is 38.4 Å². The summed E-state index contributed by atoms with van der Waals surface area (Å²) in [5.41, 5.74) is 0.752. The van der Waals surface area contributed by atoms with Crippen LogP contribution < -0.4 is 20.7 Å². The Bertz CT molecular complexity index is 1170. The number of rotatable bonds is 7. The smallest absolute Gasteiger partial charge is 0.408 e. The SMILES string of the molecule is Cc1nc(NCCNS(=O)(=O)c2ccc3oc(=O)n(C)c3c2)cc(N(C)C)n1. The van der Waals surface area contributed by atoms with Crippen molar-refractivity contribution in [3.63, 3.8) is 0 Å². The van der Waals surface area contributed by atoms with Crippen molar-refractivity contribution in [3.05, 3.63) is 40.6 Å². The van der Waals surface area contributed by atoms with Crippen LogP contribution in [0, 0.1) is 6.92 Å². The van der Waals surface area contributed by atoms with Crippen LogP contribution in [-0.4, -0.2) is 50.1 Å². The zero-order chi connectivity index (χ0) is 20.5. The first kappa shape index (κ1) is 19.8. The first-order valence-electron chi connectivity index (χ1n) is 8.53. The number of nitrogens with one attached hydrogen (secondary N) is 2. The molecular formula is C17H22N6O4S. The van der Waals surface area contributed by atoms with Gasteiger partial charge in [0.25, 0.3) is 0 Å². The Morgan fingerprint density at radius 1 is 1.18 bits per heavy atom. The zero-order valence-corrected chi connectivity index (χ0v) is 16.9. The van der Waals surface area contributed by atoms with Crippen LogP contribution in [0.5, 0.6) is 0 Å². The van der Waals surface area contributed by atoms with Crippen molar-refractivity contribution < 1.29 is 12.8 Å². The molecule has 1 aromatic carbocycles. The lowest BCUT2D eigenvalue weighted by atomic mass is 10.3. The summed E-state index contributed by atoms with van der Waals surface area (Å²) in [4.78, 5) is 22.1. The van der Waals surface area contributed by atoms with Gasteiger partial charge in [-0.05, 0) is 25.1 Å². The molecule has 0 saturated heterocycles. The molecule has 11 heteroatoms. The van der Waals surface area contributed by atoms with Gasteiger partial charge in [0.15, 0.2) is 5.58 Å². The maximum absolute atomic E-state index is 12.5. The summed E-state index contributed by atoms with van der Waals surface area (Å²) < 4.78 is 33.8. The molecule has 2 aromatic heterocycles. The highest BCUT2D eigenvalue weighted by atomic mass is 32.2. The van der Waals surface area contributed by atoms with E-state index in [4.69, 9.17) is 4.42 Å². The van der Waals surface area contributed by atoms with Gasteiger partial charge in [-0.1, -0.05) is 0 Å². The Morgan fingerprint density at radius 3 is 2.64 bits per heavy atom. The van der Waals surface area contributed by atoms with Gasteiger partial charge in [0.1, 0.15) is 17.5 Å². The zero-order valence-electron chi connectivity index (χ0n) is 16.1. The standard InChI is InChI=1S/C17H22N6O4S/c1-11-20-15(10-16(21-11)22(2)3)18-7-8-19-28(25,26)12-5-6-14-13(9-12)23(4)17(24)27-14/h5-6,9-10,19H,7-8H2,1-4H3,(H,18,20,21). The maximum Gasteiger partial charge on any atom is 0.419 e. The lowest BCUT2D eigenvalue weighted by Gasteiger charge is -2.14. The lowest BCUT2D eigenvalue weighted by molar-refractivity contribution is 0.528. The third kappa shape index (κ3) is 4.15. The van der Waals surface area contributed by atoms with Gasteiger partial charge in [-0.2, -0.15) is 0 Å². The van der Waals surface area contributed by atoms with Gasteiger partial charge in [-0.25, -0.2) is 27.9 Å². The Hall–Kier alpha value is -2.92. The van der Waals surface area contributed by atoms with E-state index in [2.05, 4.69) is 20.0 Å². The molecular weight excluding hydrogens is 384 g/mol. The Kier molecular flexibility index (Phi) is 5.38. The molecule has 0 fully saturated rings. The number of oxazole rings is 1. The third-order valence-electron chi connectivity index (χ3n) is 4.08. The monoisotopic (exact) mass is 406 g/mol. The summed E-state index contributed by atoms with van der Waals surface area (Å²) in [6.45, 7) is 2.29. The molecule has 150 valence electrons. The molecule has 0 aliphatic carbocycles. The van der Waals surface area contributed by atoms with Gasteiger partial charge in [-0.15, -0.1) is 0 Å². The van der Waals surface area contributed by atoms with E-state index in [9.17, 15) is 13.2 Å². The van der Waals surface area contributed by atoms with Gasteiger partial charge in [0.05, 0.1) is 10.4 Å². The molecule has 28 heavy (non-hydrogen) atoms. The van der Waals surface area contributed by atoms with Crippen LogP contribution in [0.4, 0.5) is 11.6 Å². The highest BCUT2D eigenvalue weighted by molar-refractivity contribution is 7.89. The number of fused-ring (bicyclic) bond motifs is 1. The number of hydrogen-bond acceptors (Lipinski definition) is 8. The minimum Gasteiger partial charge on any atom is -0.408 e. The van der Waals surface area contributed by atoms with Gasteiger partial charge in [-0.3, -0.25) is 4.57 Å². The number of aryl methyl sites for hydroxylation is 2. The van der Waals surface area contributed by atoms with Gasteiger partial charge in [0.2, 0.25) is 10.0 Å². The molecule has 2 N–H and O–H groups in total. The molecule has 0 atom stereocenters. The molecule has 3 rings (SSSR count). The molecule has 3 aromatic rings. The van der Waals surface area contributed by atoms with Crippen LogP contribution >= 0.6 is 0 Å². The average molecular weight is 406 g/mol. The number of anilines is 2. The third-order valence-corrected chi connectivity index (χ3v) is 5.54. The first-order chi connectivity index (χ1) is 13.2. The van der Waals surface area contributed by atoms with E-state index in [0.717, 1.165) is 5.82 Å². The molecule has 0 amide bonds. The van der Waals surface area contributed by atoms with Crippen LogP contribution in [-0.2, 0) is 17.1 Å².